The van der Waals surface area contributed by atoms with Crippen molar-refractivity contribution >= 4 is 14.3 Å². The van der Waals surface area contributed by atoms with E-state index in [2.05, 4.69) is 67.2 Å². The van der Waals surface area contributed by atoms with Crippen molar-refractivity contribution in [3.05, 3.63) is 30.3 Å². The Morgan fingerprint density at radius 1 is 0.889 bits per heavy atom. The van der Waals surface area contributed by atoms with Gasteiger partial charge in [0.25, 0.3) is 0 Å². The molecular weight excluding hydrogens is 236 g/mol. The van der Waals surface area contributed by atoms with Crippen LogP contribution in [0.4, 0.5) is 0 Å². The summed E-state index contributed by atoms with van der Waals surface area (Å²) in [7, 11) is -0.735. The van der Waals surface area contributed by atoms with E-state index in [-0.39, 0.29) is 0 Å². The van der Waals surface area contributed by atoms with E-state index in [9.17, 15) is 0 Å². The highest BCUT2D eigenvalue weighted by atomic mass is 28.3. The molecule has 0 saturated carbocycles. The molecule has 0 amide bonds. The van der Waals surface area contributed by atoms with Crippen molar-refractivity contribution in [1.29, 1.82) is 0 Å². The van der Waals surface area contributed by atoms with Crippen LogP contribution >= 0.6 is 0 Å². The van der Waals surface area contributed by atoms with Crippen LogP contribution in [0.15, 0.2) is 30.3 Å². The second-order valence-corrected chi connectivity index (χ2v) is 7.99. The molecule has 1 heterocycles. The monoisotopic (exact) mass is 261 g/mol. The van der Waals surface area contributed by atoms with Gasteiger partial charge in [0.2, 0.25) is 0 Å². The summed E-state index contributed by atoms with van der Waals surface area (Å²) in [6.45, 7) is 11.8. The Bertz CT molecular complexity index is 348. The van der Waals surface area contributed by atoms with Crippen LogP contribution in [0, 0.1) is 0 Å². The van der Waals surface area contributed by atoms with Crippen LogP contribution in [0.3, 0.4) is 0 Å². The van der Waals surface area contributed by atoms with Crippen LogP contribution < -0.4 is 5.19 Å². The Labute approximate surface area is 113 Å². The summed E-state index contributed by atoms with van der Waals surface area (Å²) in [5.41, 5.74) is 0. The van der Waals surface area contributed by atoms with E-state index >= 15 is 0 Å². The first-order chi connectivity index (χ1) is 8.61. The molecule has 100 valence electrons. The van der Waals surface area contributed by atoms with E-state index in [0.29, 0.717) is 12.1 Å². The van der Waals surface area contributed by atoms with E-state index in [1.807, 2.05) is 0 Å². The molecule has 0 spiro atoms. The molecule has 1 saturated heterocycles. The average molecular weight is 261 g/mol. The molecule has 0 aliphatic carbocycles. The standard InChI is InChI=1S/C15H25N2Si/c1-13(2)16-11-8-12-17(14(3)4)18(16)15-9-6-5-7-10-15/h5-7,9-10,13-14H,8,11-12H2,1-4H3/q-1. The fourth-order valence-electron chi connectivity index (χ4n) is 2.71. The lowest BCUT2D eigenvalue weighted by atomic mass is 10.3. The van der Waals surface area contributed by atoms with Crippen molar-refractivity contribution in [2.45, 2.75) is 46.2 Å². The first-order valence-corrected chi connectivity index (χ1v) is 8.46. The van der Waals surface area contributed by atoms with E-state index < -0.39 is 9.12 Å². The lowest BCUT2D eigenvalue weighted by Crippen LogP contribution is -2.66. The third kappa shape index (κ3) is 2.84. The topological polar surface area (TPSA) is 6.48 Å². The molecule has 0 N–H and O–H groups in total. The van der Waals surface area contributed by atoms with Crippen molar-refractivity contribution in [2.24, 2.45) is 0 Å². The van der Waals surface area contributed by atoms with Crippen LogP contribution in [0.25, 0.3) is 0 Å². The Kier molecular flexibility index (Phi) is 4.59. The van der Waals surface area contributed by atoms with Gasteiger partial charge in [-0.1, -0.05) is 58.0 Å². The number of nitrogens with zero attached hydrogens (tertiary/aromatic N) is 2. The fraction of sp³-hybridized carbons (Fsp3) is 0.600. The van der Waals surface area contributed by atoms with Gasteiger partial charge in [-0.15, -0.1) is 9.12 Å². The smallest absolute Gasteiger partial charge is 0.0264 e. The van der Waals surface area contributed by atoms with Crippen LogP contribution in [0.2, 0.25) is 0 Å². The first-order valence-electron chi connectivity index (χ1n) is 7.07. The third-order valence-electron chi connectivity index (χ3n) is 3.62. The largest absolute Gasteiger partial charge is 0.439 e. The predicted octanol–water partition coefficient (Wildman–Crippen LogP) is 2.21. The minimum atomic E-state index is -0.735. The molecule has 3 heteroatoms. The molecule has 1 aliphatic heterocycles. The quantitative estimate of drug-likeness (QED) is 0.770. The maximum Gasteiger partial charge on any atom is -0.0264 e. The lowest BCUT2D eigenvalue weighted by Gasteiger charge is -2.60. The van der Waals surface area contributed by atoms with E-state index in [1.54, 1.807) is 0 Å². The van der Waals surface area contributed by atoms with Crippen LogP contribution in [0.1, 0.15) is 34.1 Å². The van der Waals surface area contributed by atoms with Gasteiger partial charge in [-0.3, -0.25) is 0 Å². The Morgan fingerprint density at radius 2 is 1.39 bits per heavy atom. The average Bonchev–Trinajstić information content (AvgIpc) is 2.38. The normalized spacial score (nSPS) is 18.9. The van der Waals surface area contributed by atoms with E-state index in [0.717, 1.165) is 0 Å². The maximum absolute atomic E-state index is 2.73. The zero-order valence-electron chi connectivity index (χ0n) is 12.1. The molecular formula is C15H25N2Si-. The molecule has 0 atom stereocenters. The molecule has 2 nitrogen and oxygen atoms in total. The number of benzene rings is 1. The fourth-order valence-corrected chi connectivity index (χ4v) is 5.91. The maximum atomic E-state index is 2.73. The van der Waals surface area contributed by atoms with Gasteiger partial charge in [0.1, 0.15) is 0 Å². The Balaban J connectivity index is 2.32. The molecule has 1 aromatic rings. The van der Waals surface area contributed by atoms with Gasteiger partial charge in [-0.05, 0) is 31.6 Å². The summed E-state index contributed by atoms with van der Waals surface area (Å²) in [6.07, 6.45) is 1.30. The zero-order valence-corrected chi connectivity index (χ0v) is 13.1. The Hall–Kier alpha value is -0.643. The Morgan fingerprint density at radius 3 is 1.83 bits per heavy atom. The first kappa shape index (κ1) is 13.8. The highest BCUT2D eigenvalue weighted by Crippen LogP contribution is 2.17. The molecule has 1 fully saturated rings. The molecule has 2 rings (SSSR count). The zero-order chi connectivity index (χ0) is 13.1. The summed E-state index contributed by atoms with van der Waals surface area (Å²) in [5, 5.41) is 1.53. The number of hydrogen-bond acceptors (Lipinski definition) is 2. The van der Waals surface area contributed by atoms with Crippen molar-refractivity contribution in [2.75, 3.05) is 13.1 Å². The molecule has 0 unspecified atom stereocenters. The van der Waals surface area contributed by atoms with Gasteiger partial charge in [-0.2, -0.15) is 5.19 Å². The van der Waals surface area contributed by atoms with Crippen molar-refractivity contribution in [3.8, 4) is 0 Å². The van der Waals surface area contributed by atoms with Gasteiger partial charge in [0, 0.05) is 0 Å². The van der Waals surface area contributed by atoms with Crippen LogP contribution in [0.5, 0.6) is 0 Å². The second kappa shape index (κ2) is 6.00. The van der Waals surface area contributed by atoms with Crippen molar-refractivity contribution in [1.82, 2.24) is 9.13 Å². The molecule has 18 heavy (non-hydrogen) atoms. The molecule has 1 aromatic carbocycles. The van der Waals surface area contributed by atoms with Crippen LogP contribution in [-0.4, -0.2) is 43.4 Å². The van der Waals surface area contributed by atoms with Gasteiger partial charge < -0.3 is 9.13 Å². The summed E-state index contributed by atoms with van der Waals surface area (Å²) in [4.78, 5) is 0. The molecule has 1 aliphatic rings. The summed E-state index contributed by atoms with van der Waals surface area (Å²) >= 11 is 0. The summed E-state index contributed by atoms with van der Waals surface area (Å²) < 4.78 is 5.45. The van der Waals surface area contributed by atoms with Crippen molar-refractivity contribution < 1.29 is 0 Å². The van der Waals surface area contributed by atoms with Gasteiger partial charge >= 0.3 is 0 Å². The third-order valence-corrected chi connectivity index (χ3v) is 7.04. The molecule has 0 radical (unpaired) electrons. The highest BCUT2D eigenvalue weighted by molar-refractivity contribution is 6.68. The van der Waals surface area contributed by atoms with Gasteiger partial charge in [-0.25, -0.2) is 0 Å². The number of rotatable bonds is 3. The minimum Gasteiger partial charge on any atom is -0.439 e. The minimum absolute atomic E-state index is 0.639. The molecule has 0 aromatic heterocycles. The van der Waals surface area contributed by atoms with Gasteiger partial charge in [0.15, 0.2) is 0 Å². The summed E-state index contributed by atoms with van der Waals surface area (Å²) in [5.74, 6) is 0. The van der Waals surface area contributed by atoms with E-state index in [4.69, 9.17) is 0 Å². The lowest BCUT2D eigenvalue weighted by molar-refractivity contribution is 0.232. The predicted molar refractivity (Wildman–Crippen MR) is 80.1 cm³/mol. The number of hydrogen-bond donors (Lipinski definition) is 0. The van der Waals surface area contributed by atoms with Gasteiger partial charge in [0.05, 0.1) is 0 Å². The van der Waals surface area contributed by atoms with E-state index in [1.165, 1.54) is 24.7 Å². The SMILES string of the molecule is CC(C)N1CCCN(C(C)C)[Si-]1c1ccccc1. The summed E-state index contributed by atoms with van der Waals surface area (Å²) in [6, 6.07) is 12.4. The highest BCUT2D eigenvalue weighted by Gasteiger charge is 2.21. The van der Waals surface area contributed by atoms with Crippen LogP contribution in [-0.2, 0) is 0 Å². The molecule has 0 bridgehead atoms. The van der Waals surface area contributed by atoms with Crippen molar-refractivity contribution in [3.63, 3.8) is 0 Å². The second-order valence-electron chi connectivity index (χ2n) is 5.62.